The lowest BCUT2D eigenvalue weighted by molar-refractivity contribution is 0.0678. The van der Waals surface area contributed by atoms with Gasteiger partial charge in [-0.1, -0.05) is 19.1 Å². The van der Waals surface area contributed by atoms with Gasteiger partial charge in [0.25, 0.3) is 11.8 Å². The van der Waals surface area contributed by atoms with Crippen molar-refractivity contribution in [1.29, 1.82) is 0 Å². The molecule has 1 saturated heterocycles. The van der Waals surface area contributed by atoms with E-state index >= 15 is 0 Å². The van der Waals surface area contributed by atoms with Gasteiger partial charge in [0, 0.05) is 19.6 Å². The van der Waals surface area contributed by atoms with E-state index in [0.717, 1.165) is 57.4 Å². The first kappa shape index (κ1) is 19.5. The van der Waals surface area contributed by atoms with Crippen LogP contribution in [0.2, 0.25) is 0 Å². The summed E-state index contributed by atoms with van der Waals surface area (Å²) in [6, 6.07) is 7.28. The van der Waals surface area contributed by atoms with Gasteiger partial charge in [0.1, 0.15) is 5.75 Å². The Morgan fingerprint density at radius 2 is 1.90 bits per heavy atom. The van der Waals surface area contributed by atoms with Crippen molar-refractivity contribution in [3.8, 4) is 5.75 Å². The molecule has 0 radical (unpaired) electrons. The fourth-order valence-electron chi connectivity index (χ4n) is 4.17. The molecule has 2 aliphatic heterocycles. The fourth-order valence-corrected chi connectivity index (χ4v) is 4.17. The van der Waals surface area contributed by atoms with E-state index in [9.17, 15) is 9.59 Å². The van der Waals surface area contributed by atoms with Crippen LogP contribution in [0.5, 0.6) is 5.75 Å². The topological polar surface area (TPSA) is 76.5 Å². The lowest BCUT2D eigenvalue weighted by atomic mass is 9.99. The molecule has 0 unspecified atom stereocenters. The molecule has 3 heterocycles. The van der Waals surface area contributed by atoms with E-state index in [1.807, 2.05) is 21.6 Å². The van der Waals surface area contributed by atoms with Crippen molar-refractivity contribution in [1.82, 2.24) is 14.5 Å². The van der Waals surface area contributed by atoms with Crippen LogP contribution >= 0.6 is 0 Å². The molecule has 0 bridgehead atoms. The first-order chi connectivity index (χ1) is 14.1. The SMILES string of the molecule is COc1ccccc1NC(=O)c1nc(C(=O)N2CCC(C)CC2)n2c1CCCC2. The first-order valence-corrected chi connectivity index (χ1v) is 10.4. The number of hydrogen-bond acceptors (Lipinski definition) is 4. The van der Waals surface area contributed by atoms with E-state index in [1.165, 1.54) is 0 Å². The Morgan fingerprint density at radius 3 is 2.66 bits per heavy atom. The normalized spacial score (nSPS) is 17.0. The summed E-state index contributed by atoms with van der Waals surface area (Å²) in [4.78, 5) is 32.6. The Labute approximate surface area is 171 Å². The molecule has 0 aliphatic carbocycles. The van der Waals surface area contributed by atoms with E-state index < -0.39 is 0 Å². The van der Waals surface area contributed by atoms with E-state index in [2.05, 4.69) is 17.2 Å². The van der Waals surface area contributed by atoms with Crippen LogP contribution in [0.4, 0.5) is 5.69 Å². The van der Waals surface area contributed by atoms with Gasteiger partial charge in [0.05, 0.1) is 18.5 Å². The smallest absolute Gasteiger partial charge is 0.289 e. The maximum Gasteiger partial charge on any atom is 0.289 e. The van der Waals surface area contributed by atoms with Crippen LogP contribution in [0.15, 0.2) is 24.3 Å². The van der Waals surface area contributed by atoms with Crippen LogP contribution in [0.25, 0.3) is 0 Å². The zero-order chi connectivity index (χ0) is 20.4. The van der Waals surface area contributed by atoms with Crippen molar-refractivity contribution >= 4 is 17.5 Å². The number of likely N-dealkylation sites (tertiary alicyclic amines) is 1. The van der Waals surface area contributed by atoms with Crippen LogP contribution in [-0.4, -0.2) is 46.5 Å². The van der Waals surface area contributed by atoms with Crippen molar-refractivity contribution in [3.05, 3.63) is 41.5 Å². The number of fused-ring (bicyclic) bond motifs is 1. The van der Waals surface area contributed by atoms with E-state index in [4.69, 9.17) is 4.74 Å². The van der Waals surface area contributed by atoms with E-state index in [0.29, 0.717) is 28.9 Å². The minimum absolute atomic E-state index is 0.0589. The second kappa shape index (κ2) is 8.27. The zero-order valence-electron chi connectivity index (χ0n) is 17.1. The number of carbonyl (C=O) groups excluding carboxylic acids is 2. The molecule has 2 amide bonds. The highest BCUT2D eigenvalue weighted by atomic mass is 16.5. The summed E-state index contributed by atoms with van der Waals surface area (Å²) in [5.74, 6) is 1.28. The van der Waals surface area contributed by atoms with E-state index in [1.54, 1.807) is 19.2 Å². The summed E-state index contributed by atoms with van der Waals surface area (Å²) >= 11 is 0. The van der Waals surface area contributed by atoms with Gasteiger partial charge in [-0.15, -0.1) is 0 Å². The molecule has 1 fully saturated rings. The molecule has 2 aliphatic rings. The molecule has 154 valence electrons. The minimum atomic E-state index is -0.300. The van der Waals surface area contributed by atoms with Gasteiger partial charge in [-0.3, -0.25) is 9.59 Å². The molecule has 7 nitrogen and oxygen atoms in total. The third-order valence-corrected chi connectivity index (χ3v) is 5.95. The van der Waals surface area contributed by atoms with Crippen LogP contribution in [0.1, 0.15) is 59.4 Å². The molecule has 0 atom stereocenters. The standard InChI is InChI=1S/C22H28N4O3/c1-15-10-13-25(14-11-15)22(28)20-24-19(17-8-5-6-12-26(17)20)21(27)23-16-7-3-4-9-18(16)29-2/h3-4,7,9,15H,5-6,8,10-14H2,1-2H3,(H,23,27). The maximum absolute atomic E-state index is 13.2. The Bertz CT molecular complexity index is 913. The molecule has 1 N–H and O–H groups in total. The van der Waals surface area contributed by atoms with Gasteiger partial charge in [-0.25, -0.2) is 4.98 Å². The van der Waals surface area contributed by atoms with Gasteiger partial charge in [0.15, 0.2) is 11.5 Å². The highest BCUT2D eigenvalue weighted by molar-refractivity contribution is 6.05. The van der Waals surface area contributed by atoms with Crippen LogP contribution in [-0.2, 0) is 13.0 Å². The molecule has 29 heavy (non-hydrogen) atoms. The number of para-hydroxylation sites is 2. The highest BCUT2D eigenvalue weighted by Crippen LogP contribution is 2.27. The number of amides is 2. The Kier molecular flexibility index (Phi) is 5.56. The molecule has 1 aromatic heterocycles. The average molecular weight is 396 g/mol. The van der Waals surface area contributed by atoms with Crippen LogP contribution in [0.3, 0.4) is 0 Å². The average Bonchev–Trinajstić information content (AvgIpc) is 3.14. The van der Waals surface area contributed by atoms with Gasteiger partial charge in [-0.05, 0) is 50.2 Å². The van der Waals surface area contributed by atoms with Crippen LogP contribution < -0.4 is 10.1 Å². The van der Waals surface area contributed by atoms with Crippen LogP contribution in [0, 0.1) is 5.92 Å². The molecular weight excluding hydrogens is 368 g/mol. The summed E-state index contributed by atoms with van der Waals surface area (Å²) in [6.45, 7) is 4.46. The number of piperidine rings is 1. The number of nitrogens with one attached hydrogen (secondary N) is 1. The molecule has 1 aromatic carbocycles. The number of aromatic nitrogens is 2. The molecule has 0 saturated carbocycles. The number of methoxy groups -OCH3 is 1. The fraction of sp³-hybridized carbons (Fsp3) is 0.500. The summed E-state index contributed by atoms with van der Waals surface area (Å²) in [7, 11) is 1.57. The van der Waals surface area contributed by atoms with Gasteiger partial charge in [-0.2, -0.15) is 0 Å². The number of anilines is 1. The predicted octanol–water partition coefficient (Wildman–Crippen LogP) is 3.35. The van der Waals surface area contributed by atoms with Gasteiger partial charge >= 0.3 is 0 Å². The lowest BCUT2D eigenvalue weighted by Gasteiger charge is -2.30. The monoisotopic (exact) mass is 396 g/mol. The summed E-state index contributed by atoms with van der Waals surface area (Å²) in [5, 5.41) is 2.90. The second-order valence-corrected chi connectivity index (χ2v) is 7.97. The lowest BCUT2D eigenvalue weighted by Crippen LogP contribution is -2.39. The van der Waals surface area contributed by atoms with Crippen molar-refractivity contribution in [2.45, 2.75) is 45.6 Å². The zero-order valence-corrected chi connectivity index (χ0v) is 17.1. The number of nitrogens with zero attached hydrogens (tertiary/aromatic N) is 3. The Balaban J connectivity index is 1.62. The maximum atomic E-state index is 13.2. The molecule has 4 rings (SSSR count). The van der Waals surface area contributed by atoms with Crippen molar-refractivity contribution < 1.29 is 14.3 Å². The number of carbonyl (C=O) groups is 2. The second-order valence-electron chi connectivity index (χ2n) is 7.97. The molecule has 2 aromatic rings. The Hall–Kier alpha value is -2.83. The highest BCUT2D eigenvalue weighted by Gasteiger charge is 2.31. The largest absolute Gasteiger partial charge is 0.495 e. The summed E-state index contributed by atoms with van der Waals surface area (Å²) < 4.78 is 7.28. The predicted molar refractivity (Wildman–Crippen MR) is 110 cm³/mol. The number of rotatable bonds is 4. The van der Waals surface area contributed by atoms with Crippen molar-refractivity contribution in [3.63, 3.8) is 0 Å². The first-order valence-electron chi connectivity index (χ1n) is 10.4. The number of imidazole rings is 1. The van der Waals surface area contributed by atoms with E-state index in [-0.39, 0.29) is 11.8 Å². The van der Waals surface area contributed by atoms with Gasteiger partial charge in [0.2, 0.25) is 0 Å². The number of hydrogen-bond donors (Lipinski definition) is 1. The molecule has 7 heteroatoms. The third-order valence-electron chi connectivity index (χ3n) is 5.95. The minimum Gasteiger partial charge on any atom is -0.495 e. The molecular formula is C22H28N4O3. The third kappa shape index (κ3) is 3.86. The van der Waals surface area contributed by atoms with Gasteiger partial charge < -0.3 is 19.5 Å². The van der Waals surface area contributed by atoms with Crippen molar-refractivity contribution in [2.24, 2.45) is 5.92 Å². The number of benzene rings is 1. The summed E-state index contributed by atoms with van der Waals surface area (Å²) in [5.41, 5.74) is 1.80. The van der Waals surface area contributed by atoms with Crippen molar-refractivity contribution in [2.75, 3.05) is 25.5 Å². The Morgan fingerprint density at radius 1 is 1.14 bits per heavy atom. The quantitative estimate of drug-likeness (QED) is 0.860. The summed E-state index contributed by atoms with van der Waals surface area (Å²) in [6.07, 6.45) is 4.77. The number of ether oxygens (including phenoxy) is 1. The molecule has 0 spiro atoms.